The molecule has 0 bridgehead atoms. The maximum atomic E-state index is 2.54. The summed E-state index contributed by atoms with van der Waals surface area (Å²) in [7, 11) is 2.29. The molecule has 1 heterocycles. The standard InChI is InChI=1S/C14H27N/c1-4-13(2)6-5-7-14(9-8-13)10-11-15(3)12-14/h4-12H2,1-3H3. The summed E-state index contributed by atoms with van der Waals surface area (Å²) in [6, 6.07) is 0. The van der Waals surface area contributed by atoms with E-state index in [9.17, 15) is 0 Å². The molecule has 0 radical (unpaired) electrons. The first-order valence-electron chi connectivity index (χ1n) is 6.76. The maximum absolute atomic E-state index is 2.54. The van der Waals surface area contributed by atoms with Crippen LogP contribution in [0.2, 0.25) is 0 Å². The Hall–Kier alpha value is -0.0400. The second-order valence-electron chi connectivity index (χ2n) is 6.51. The minimum atomic E-state index is 0.657. The monoisotopic (exact) mass is 209 g/mol. The summed E-state index contributed by atoms with van der Waals surface area (Å²) < 4.78 is 0. The molecule has 0 N–H and O–H groups in total. The van der Waals surface area contributed by atoms with Gasteiger partial charge in [-0.2, -0.15) is 0 Å². The van der Waals surface area contributed by atoms with Crippen molar-refractivity contribution >= 4 is 0 Å². The molecule has 1 aliphatic carbocycles. The third kappa shape index (κ3) is 2.38. The van der Waals surface area contributed by atoms with E-state index >= 15 is 0 Å². The van der Waals surface area contributed by atoms with Crippen LogP contribution in [0.1, 0.15) is 58.8 Å². The first-order valence-corrected chi connectivity index (χ1v) is 6.76. The van der Waals surface area contributed by atoms with Gasteiger partial charge in [0.1, 0.15) is 0 Å². The van der Waals surface area contributed by atoms with Gasteiger partial charge in [0, 0.05) is 6.54 Å². The van der Waals surface area contributed by atoms with E-state index in [0.717, 1.165) is 0 Å². The average Bonchev–Trinajstić information content (AvgIpc) is 2.49. The normalized spacial score (nSPS) is 43.4. The first kappa shape index (κ1) is 11.4. The lowest BCUT2D eigenvalue weighted by molar-refractivity contribution is 0.218. The molecule has 2 fully saturated rings. The summed E-state index contributed by atoms with van der Waals surface area (Å²) in [5.41, 5.74) is 1.37. The summed E-state index contributed by atoms with van der Waals surface area (Å²) in [5.74, 6) is 0. The van der Waals surface area contributed by atoms with Gasteiger partial charge in [0.05, 0.1) is 0 Å². The van der Waals surface area contributed by atoms with Crippen LogP contribution in [0.4, 0.5) is 0 Å². The molecule has 2 unspecified atom stereocenters. The van der Waals surface area contributed by atoms with E-state index < -0.39 is 0 Å². The third-order valence-electron chi connectivity index (χ3n) is 5.23. The maximum Gasteiger partial charge on any atom is 0.00354 e. The van der Waals surface area contributed by atoms with Crippen molar-refractivity contribution < 1.29 is 0 Å². The lowest BCUT2D eigenvalue weighted by Gasteiger charge is -2.29. The van der Waals surface area contributed by atoms with E-state index in [1.54, 1.807) is 0 Å². The fourth-order valence-corrected chi connectivity index (χ4v) is 3.63. The van der Waals surface area contributed by atoms with Gasteiger partial charge in [0.25, 0.3) is 0 Å². The van der Waals surface area contributed by atoms with Crippen molar-refractivity contribution in [1.29, 1.82) is 0 Å². The zero-order valence-corrected chi connectivity index (χ0v) is 10.8. The van der Waals surface area contributed by atoms with E-state index in [0.29, 0.717) is 10.8 Å². The van der Waals surface area contributed by atoms with Gasteiger partial charge in [-0.3, -0.25) is 0 Å². The Bertz CT molecular complexity index is 225. The topological polar surface area (TPSA) is 3.24 Å². The molecule has 1 saturated carbocycles. The average molecular weight is 209 g/mol. The van der Waals surface area contributed by atoms with Crippen LogP contribution in [0.5, 0.6) is 0 Å². The summed E-state index contributed by atoms with van der Waals surface area (Å²) in [6.45, 7) is 7.58. The molecule has 1 spiro atoms. The van der Waals surface area contributed by atoms with Crippen molar-refractivity contribution in [2.24, 2.45) is 10.8 Å². The molecule has 1 aliphatic heterocycles. The van der Waals surface area contributed by atoms with Crippen LogP contribution < -0.4 is 0 Å². The summed E-state index contributed by atoms with van der Waals surface area (Å²) >= 11 is 0. The van der Waals surface area contributed by atoms with Crippen LogP contribution in [-0.4, -0.2) is 25.0 Å². The van der Waals surface area contributed by atoms with Gasteiger partial charge >= 0.3 is 0 Å². The molecule has 88 valence electrons. The zero-order chi connectivity index (χ0) is 10.9. The second kappa shape index (κ2) is 4.08. The minimum Gasteiger partial charge on any atom is -0.306 e. The van der Waals surface area contributed by atoms with Crippen LogP contribution >= 0.6 is 0 Å². The van der Waals surface area contributed by atoms with Gasteiger partial charge in [0.2, 0.25) is 0 Å². The van der Waals surface area contributed by atoms with Crippen molar-refractivity contribution in [3.05, 3.63) is 0 Å². The first-order chi connectivity index (χ1) is 7.08. The zero-order valence-electron chi connectivity index (χ0n) is 10.8. The van der Waals surface area contributed by atoms with E-state index in [1.165, 1.54) is 58.0 Å². The molecule has 0 aromatic rings. The molecular formula is C14H27N. The number of nitrogens with zero attached hydrogens (tertiary/aromatic N) is 1. The molecule has 2 aliphatic rings. The number of rotatable bonds is 1. The highest BCUT2D eigenvalue weighted by Crippen LogP contribution is 2.48. The van der Waals surface area contributed by atoms with Gasteiger partial charge in [-0.05, 0) is 56.5 Å². The largest absolute Gasteiger partial charge is 0.306 e. The lowest BCUT2D eigenvalue weighted by atomic mass is 9.76. The predicted molar refractivity (Wildman–Crippen MR) is 66.0 cm³/mol. The summed E-state index contributed by atoms with van der Waals surface area (Å²) in [5, 5.41) is 0. The second-order valence-corrected chi connectivity index (χ2v) is 6.51. The van der Waals surface area contributed by atoms with Gasteiger partial charge < -0.3 is 4.90 Å². The van der Waals surface area contributed by atoms with Crippen molar-refractivity contribution in [1.82, 2.24) is 4.90 Å². The van der Waals surface area contributed by atoms with Crippen LogP contribution in [-0.2, 0) is 0 Å². The van der Waals surface area contributed by atoms with Gasteiger partial charge in [-0.1, -0.05) is 26.7 Å². The van der Waals surface area contributed by atoms with Crippen LogP contribution in [0.15, 0.2) is 0 Å². The highest BCUT2D eigenvalue weighted by molar-refractivity contribution is 4.93. The number of likely N-dealkylation sites (tertiary alicyclic amines) is 1. The van der Waals surface area contributed by atoms with Crippen LogP contribution in [0.25, 0.3) is 0 Å². The Morgan fingerprint density at radius 2 is 1.87 bits per heavy atom. The van der Waals surface area contributed by atoms with Crippen molar-refractivity contribution in [3.63, 3.8) is 0 Å². The molecule has 0 aromatic carbocycles. The molecule has 2 atom stereocenters. The summed E-state index contributed by atoms with van der Waals surface area (Å²) in [4.78, 5) is 2.54. The molecule has 0 amide bonds. The fraction of sp³-hybridized carbons (Fsp3) is 1.00. The molecule has 1 heteroatoms. The Balaban J connectivity index is 2.01. The third-order valence-corrected chi connectivity index (χ3v) is 5.23. The van der Waals surface area contributed by atoms with Crippen LogP contribution in [0.3, 0.4) is 0 Å². The van der Waals surface area contributed by atoms with Gasteiger partial charge in [-0.15, -0.1) is 0 Å². The van der Waals surface area contributed by atoms with E-state index in [4.69, 9.17) is 0 Å². The Morgan fingerprint density at radius 3 is 2.47 bits per heavy atom. The van der Waals surface area contributed by atoms with Crippen molar-refractivity contribution in [2.45, 2.75) is 58.8 Å². The highest BCUT2D eigenvalue weighted by Gasteiger charge is 2.40. The minimum absolute atomic E-state index is 0.657. The van der Waals surface area contributed by atoms with Crippen molar-refractivity contribution in [2.75, 3.05) is 20.1 Å². The number of hydrogen-bond acceptors (Lipinski definition) is 1. The Morgan fingerprint density at radius 1 is 1.07 bits per heavy atom. The number of hydrogen-bond donors (Lipinski definition) is 0. The Labute approximate surface area is 95.2 Å². The smallest absolute Gasteiger partial charge is 0.00354 e. The molecule has 0 aromatic heterocycles. The van der Waals surface area contributed by atoms with Gasteiger partial charge in [0.15, 0.2) is 0 Å². The van der Waals surface area contributed by atoms with E-state index in [1.807, 2.05) is 0 Å². The molecule has 2 rings (SSSR count). The van der Waals surface area contributed by atoms with E-state index in [-0.39, 0.29) is 0 Å². The predicted octanol–water partition coefficient (Wildman–Crippen LogP) is 3.69. The highest BCUT2D eigenvalue weighted by atomic mass is 15.1. The molecule has 1 nitrogen and oxygen atoms in total. The summed E-state index contributed by atoms with van der Waals surface area (Å²) in [6.07, 6.45) is 10.2. The van der Waals surface area contributed by atoms with Gasteiger partial charge in [-0.25, -0.2) is 0 Å². The fourth-order valence-electron chi connectivity index (χ4n) is 3.63. The van der Waals surface area contributed by atoms with Crippen LogP contribution in [0, 0.1) is 10.8 Å². The molecule has 1 saturated heterocycles. The quantitative estimate of drug-likeness (QED) is 0.636. The Kier molecular flexibility index (Phi) is 3.12. The van der Waals surface area contributed by atoms with Crippen molar-refractivity contribution in [3.8, 4) is 0 Å². The lowest BCUT2D eigenvalue weighted by Crippen LogP contribution is -2.25. The SMILES string of the molecule is CCC1(C)CCCC2(CCN(C)C2)CC1. The van der Waals surface area contributed by atoms with E-state index in [2.05, 4.69) is 25.8 Å². The molecule has 15 heavy (non-hydrogen) atoms. The molecular weight excluding hydrogens is 182 g/mol.